The van der Waals surface area contributed by atoms with Crippen molar-refractivity contribution in [3.05, 3.63) is 53.8 Å². The summed E-state index contributed by atoms with van der Waals surface area (Å²) in [6.45, 7) is 0. The molecule has 0 saturated heterocycles. The molecule has 0 aliphatic rings. The smallest absolute Gasteiger partial charge is 0.396 e. The molecular weight excluding hydrogens is 287 g/mol. The highest BCUT2D eigenvalue weighted by Gasteiger charge is 2.33. The standard InChI is InChI=1S/C15H21N2O3P/c1-16(2)21(18,17(3)4)20-15-14(10-11-19-15)12-13-8-6-5-7-9-13/h5-11H,12H2,1-4H3. The number of rotatable bonds is 6. The minimum Gasteiger partial charge on any atom is -0.434 e. The van der Waals surface area contributed by atoms with Gasteiger partial charge in [0.05, 0.1) is 6.26 Å². The van der Waals surface area contributed by atoms with Gasteiger partial charge in [0.25, 0.3) is 5.95 Å². The van der Waals surface area contributed by atoms with Crippen LogP contribution in [0.4, 0.5) is 0 Å². The Kier molecular flexibility index (Phi) is 4.88. The third-order valence-corrected chi connectivity index (χ3v) is 5.58. The summed E-state index contributed by atoms with van der Waals surface area (Å²) in [6.07, 6.45) is 2.23. The third-order valence-electron chi connectivity index (χ3n) is 3.16. The zero-order chi connectivity index (χ0) is 15.5. The topological polar surface area (TPSA) is 45.9 Å². The molecule has 1 aromatic carbocycles. The Hall–Kier alpha value is -1.55. The maximum atomic E-state index is 12.9. The van der Waals surface area contributed by atoms with E-state index in [1.54, 1.807) is 43.8 Å². The second kappa shape index (κ2) is 6.48. The van der Waals surface area contributed by atoms with E-state index in [2.05, 4.69) is 0 Å². The molecule has 0 bridgehead atoms. The van der Waals surface area contributed by atoms with Gasteiger partial charge in [-0.05, 0) is 39.8 Å². The molecule has 2 rings (SSSR count). The molecule has 0 aliphatic heterocycles. The van der Waals surface area contributed by atoms with E-state index in [1.165, 1.54) is 0 Å². The summed E-state index contributed by atoms with van der Waals surface area (Å²) in [5.41, 5.74) is 2.03. The molecule has 0 radical (unpaired) electrons. The molecule has 1 aromatic heterocycles. The molecule has 114 valence electrons. The van der Waals surface area contributed by atoms with Crippen molar-refractivity contribution in [2.75, 3.05) is 28.2 Å². The number of hydrogen-bond donors (Lipinski definition) is 0. The molecule has 0 N–H and O–H groups in total. The molecule has 5 nitrogen and oxygen atoms in total. The van der Waals surface area contributed by atoms with E-state index in [9.17, 15) is 4.57 Å². The summed E-state index contributed by atoms with van der Waals surface area (Å²) >= 11 is 0. The van der Waals surface area contributed by atoms with E-state index in [1.807, 2.05) is 36.4 Å². The maximum Gasteiger partial charge on any atom is 0.396 e. The monoisotopic (exact) mass is 308 g/mol. The first-order chi connectivity index (χ1) is 9.93. The molecule has 2 aromatic rings. The zero-order valence-corrected chi connectivity index (χ0v) is 13.7. The Morgan fingerprint density at radius 1 is 1.05 bits per heavy atom. The normalized spacial score (nSPS) is 12.1. The number of nitrogens with zero attached hydrogens (tertiary/aromatic N) is 2. The van der Waals surface area contributed by atoms with Crippen molar-refractivity contribution in [2.45, 2.75) is 6.42 Å². The lowest BCUT2D eigenvalue weighted by Gasteiger charge is -2.28. The van der Waals surface area contributed by atoms with Crippen LogP contribution in [0.15, 0.2) is 47.1 Å². The maximum absolute atomic E-state index is 12.9. The van der Waals surface area contributed by atoms with Crippen molar-refractivity contribution >= 4 is 7.67 Å². The van der Waals surface area contributed by atoms with E-state index < -0.39 is 7.67 Å². The number of benzene rings is 1. The van der Waals surface area contributed by atoms with Crippen LogP contribution in [0.5, 0.6) is 5.95 Å². The van der Waals surface area contributed by atoms with Crippen LogP contribution < -0.4 is 4.52 Å². The van der Waals surface area contributed by atoms with E-state index in [-0.39, 0.29) is 0 Å². The molecule has 0 amide bonds. The van der Waals surface area contributed by atoms with Gasteiger partial charge in [-0.1, -0.05) is 30.3 Å². The van der Waals surface area contributed by atoms with E-state index >= 15 is 0 Å². The average molecular weight is 308 g/mol. The molecule has 0 atom stereocenters. The lowest BCUT2D eigenvalue weighted by Crippen LogP contribution is -2.24. The van der Waals surface area contributed by atoms with Crippen LogP contribution in [0.2, 0.25) is 0 Å². The largest absolute Gasteiger partial charge is 0.434 e. The first-order valence-electron chi connectivity index (χ1n) is 6.69. The van der Waals surface area contributed by atoms with Crippen LogP contribution >= 0.6 is 7.67 Å². The average Bonchev–Trinajstić information content (AvgIpc) is 2.86. The van der Waals surface area contributed by atoms with Crippen LogP contribution in [0.25, 0.3) is 0 Å². The van der Waals surface area contributed by atoms with Gasteiger partial charge >= 0.3 is 7.67 Å². The lowest BCUT2D eigenvalue weighted by atomic mass is 10.1. The van der Waals surface area contributed by atoms with Gasteiger partial charge in [-0.25, -0.2) is 13.9 Å². The first-order valence-corrected chi connectivity index (χ1v) is 8.22. The Balaban J connectivity index is 2.23. The summed E-state index contributed by atoms with van der Waals surface area (Å²) in [5, 5.41) is 0. The Labute approximate surface area is 125 Å². The summed E-state index contributed by atoms with van der Waals surface area (Å²) in [6, 6.07) is 11.9. The van der Waals surface area contributed by atoms with Crippen LogP contribution in [-0.2, 0) is 11.0 Å². The Bertz CT molecular complexity index is 611. The van der Waals surface area contributed by atoms with Gasteiger partial charge in [0.15, 0.2) is 0 Å². The predicted octanol–water partition coefficient (Wildman–Crippen LogP) is 3.48. The number of hydrogen-bond acceptors (Lipinski definition) is 3. The molecule has 1 heterocycles. The van der Waals surface area contributed by atoms with Gasteiger partial charge in [0.1, 0.15) is 0 Å². The first kappa shape index (κ1) is 15.8. The predicted molar refractivity (Wildman–Crippen MR) is 83.6 cm³/mol. The fourth-order valence-electron chi connectivity index (χ4n) is 1.98. The molecule has 6 heteroatoms. The number of furan rings is 1. The second-order valence-electron chi connectivity index (χ2n) is 5.17. The van der Waals surface area contributed by atoms with Crippen LogP contribution in [0.1, 0.15) is 11.1 Å². The zero-order valence-electron chi connectivity index (χ0n) is 12.8. The van der Waals surface area contributed by atoms with Crippen molar-refractivity contribution in [3.8, 4) is 5.95 Å². The second-order valence-corrected chi connectivity index (χ2v) is 7.94. The minimum absolute atomic E-state index is 0.310. The highest BCUT2D eigenvalue weighted by atomic mass is 31.2. The van der Waals surface area contributed by atoms with Gasteiger partial charge in [-0.15, -0.1) is 0 Å². The molecule has 21 heavy (non-hydrogen) atoms. The van der Waals surface area contributed by atoms with Crippen molar-refractivity contribution in [2.24, 2.45) is 0 Å². The van der Waals surface area contributed by atoms with Gasteiger partial charge < -0.3 is 8.94 Å². The molecule has 0 aliphatic carbocycles. The van der Waals surface area contributed by atoms with Gasteiger partial charge in [0.2, 0.25) is 0 Å². The SMILES string of the molecule is CN(C)P(=O)(Oc1occc1Cc1ccccc1)N(C)C. The highest BCUT2D eigenvalue weighted by molar-refractivity contribution is 7.54. The van der Waals surface area contributed by atoms with Crippen molar-refractivity contribution < 1.29 is 13.5 Å². The van der Waals surface area contributed by atoms with Crippen LogP contribution in [-0.4, -0.2) is 37.5 Å². The molecule has 0 saturated carbocycles. The molecular formula is C15H21N2O3P. The lowest BCUT2D eigenvalue weighted by molar-refractivity contribution is 0.307. The van der Waals surface area contributed by atoms with Gasteiger partial charge in [0, 0.05) is 12.0 Å². The van der Waals surface area contributed by atoms with Gasteiger partial charge in [-0.2, -0.15) is 0 Å². The highest BCUT2D eigenvalue weighted by Crippen LogP contribution is 2.51. The Morgan fingerprint density at radius 3 is 2.24 bits per heavy atom. The van der Waals surface area contributed by atoms with E-state index in [0.29, 0.717) is 12.4 Å². The van der Waals surface area contributed by atoms with Crippen molar-refractivity contribution in [1.29, 1.82) is 0 Å². The van der Waals surface area contributed by atoms with Gasteiger partial charge in [-0.3, -0.25) is 0 Å². The van der Waals surface area contributed by atoms with Crippen LogP contribution in [0.3, 0.4) is 0 Å². The van der Waals surface area contributed by atoms with Crippen molar-refractivity contribution in [3.63, 3.8) is 0 Å². The molecule has 0 spiro atoms. The molecule has 0 unspecified atom stereocenters. The van der Waals surface area contributed by atoms with Crippen LogP contribution in [0, 0.1) is 0 Å². The van der Waals surface area contributed by atoms with Crippen molar-refractivity contribution in [1.82, 2.24) is 9.34 Å². The Morgan fingerprint density at radius 2 is 1.67 bits per heavy atom. The minimum atomic E-state index is -3.11. The third kappa shape index (κ3) is 3.56. The summed E-state index contributed by atoms with van der Waals surface area (Å²) in [5.74, 6) is 0.310. The summed E-state index contributed by atoms with van der Waals surface area (Å²) in [4.78, 5) is 0. The molecule has 0 fully saturated rings. The quantitative estimate of drug-likeness (QED) is 0.765. The van der Waals surface area contributed by atoms with E-state index in [0.717, 1.165) is 11.1 Å². The fraction of sp³-hybridized carbons (Fsp3) is 0.333. The summed E-state index contributed by atoms with van der Waals surface area (Å²) in [7, 11) is 3.78. The fourth-order valence-corrected chi connectivity index (χ4v) is 3.40. The summed E-state index contributed by atoms with van der Waals surface area (Å²) < 4.78 is 27.1. The van der Waals surface area contributed by atoms with E-state index in [4.69, 9.17) is 8.94 Å².